The molecule has 0 bridgehead atoms. The fourth-order valence-electron chi connectivity index (χ4n) is 2.02. The highest BCUT2D eigenvalue weighted by Gasteiger charge is 2.14. The quantitative estimate of drug-likeness (QED) is 0.744. The lowest BCUT2D eigenvalue weighted by Crippen LogP contribution is -2.33. The fraction of sp³-hybridized carbons (Fsp3) is 0.462. The van der Waals surface area contributed by atoms with Crippen LogP contribution in [0.1, 0.15) is 12.0 Å². The van der Waals surface area contributed by atoms with E-state index in [1.54, 1.807) is 0 Å². The van der Waals surface area contributed by atoms with Gasteiger partial charge in [0, 0.05) is 12.2 Å². The number of amides is 2. The van der Waals surface area contributed by atoms with Crippen molar-refractivity contribution in [2.75, 3.05) is 25.0 Å². The Balaban J connectivity index is 1.76. The predicted octanol–water partition coefficient (Wildman–Crippen LogP) is 1.73. The Labute approximate surface area is 102 Å². The number of carbonyl (C=O) groups excluding carboxylic acids is 1. The Hall–Kier alpha value is -1.55. The van der Waals surface area contributed by atoms with Gasteiger partial charge in [-0.05, 0) is 50.0 Å². The molecule has 2 rings (SSSR count). The molecule has 0 saturated carbocycles. The number of anilines is 1. The zero-order valence-electron chi connectivity index (χ0n) is 10.1. The van der Waals surface area contributed by atoms with Crippen molar-refractivity contribution in [3.63, 3.8) is 0 Å². The monoisotopic (exact) mass is 233 g/mol. The molecule has 3 N–H and O–H groups in total. The van der Waals surface area contributed by atoms with E-state index >= 15 is 0 Å². The Bertz CT molecular complexity index is 386. The van der Waals surface area contributed by atoms with Crippen LogP contribution in [0.15, 0.2) is 24.3 Å². The van der Waals surface area contributed by atoms with Crippen LogP contribution in [0.3, 0.4) is 0 Å². The third-order valence-electron chi connectivity index (χ3n) is 2.99. The van der Waals surface area contributed by atoms with Gasteiger partial charge in [0.05, 0.1) is 0 Å². The minimum atomic E-state index is -0.123. The lowest BCUT2D eigenvalue weighted by molar-refractivity contribution is 0.250. The third kappa shape index (κ3) is 3.75. The van der Waals surface area contributed by atoms with Gasteiger partial charge in [0.1, 0.15) is 0 Å². The van der Waals surface area contributed by atoms with Gasteiger partial charge in [-0.2, -0.15) is 0 Å². The van der Waals surface area contributed by atoms with Crippen molar-refractivity contribution in [2.24, 2.45) is 5.92 Å². The number of rotatable bonds is 3. The molecule has 4 nitrogen and oxygen atoms in total. The summed E-state index contributed by atoms with van der Waals surface area (Å²) in [5.74, 6) is 0.568. The van der Waals surface area contributed by atoms with E-state index in [1.165, 1.54) is 0 Å². The third-order valence-corrected chi connectivity index (χ3v) is 2.99. The standard InChI is InChI=1S/C13H19N3O/c1-10-3-2-4-12(7-10)16-13(17)15-9-11-5-6-14-8-11/h2-4,7,11,14H,5-6,8-9H2,1H3,(H2,15,16,17). The molecule has 0 aromatic heterocycles. The van der Waals surface area contributed by atoms with Crippen LogP contribution in [0.5, 0.6) is 0 Å². The number of hydrogen-bond acceptors (Lipinski definition) is 2. The molecule has 2 amide bonds. The second kappa shape index (κ2) is 5.68. The molecule has 1 heterocycles. The van der Waals surface area contributed by atoms with Crippen molar-refractivity contribution in [3.8, 4) is 0 Å². The summed E-state index contributed by atoms with van der Waals surface area (Å²) in [6.07, 6.45) is 1.14. The number of carbonyl (C=O) groups is 1. The fourth-order valence-corrected chi connectivity index (χ4v) is 2.02. The number of urea groups is 1. The highest BCUT2D eigenvalue weighted by atomic mass is 16.2. The normalized spacial score (nSPS) is 19.0. The molecule has 1 aliphatic rings. The van der Waals surface area contributed by atoms with Gasteiger partial charge in [0.15, 0.2) is 0 Å². The van der Waals surface area contributed by atoms with E-state index in [1.807, 2.05) is 31.2 Å². The van der Waals surface area contributed by atoms with Crippen LogP contribution >= 0.6 is 0 Å². The minimum Gasteiger partial charge on any atom is -0.338 e. The van der Waals surface area contributed by atoms with Crippen molar-refractivity contribution in [1.29, 1.82) is 0 Å². The van der Waals surface area contributed by atoms with Gasteiger partial charge in [-0.3, -0.25) is 0 Å². The van der Waals surface area contributed by atoms with Gasteiger partial charge >= 0.3 is 6.03 Å². The highest BCUT2D eigenvalue weighted by Crippen LogP contribution is 2.09. The molecular weight excluding hydrogens is 214 g/mol. The second-order valence-corrected chi connectivity index (χ2v) is 4.56. The minimum absolute atomic E-state index is 0.123. The first-order valence-electron chi connectivity index (χ1n) is 6.06. The van der Waals surface area contributed by atoms with Gasteiger partial charge < -0.3 is 16.0 Å². The molecule has 0 radical (unpaired) electrons. The topological polar surface area (TPSA) is 53.2 Å². The smallest absolute Gasteiger partial charge is 0.319 e. The maximum absolute atomic E-state index is 11.6. The Morgan fingerprint density at radius 2 is 2.41 bits per heavy atom. The lowest BCUT2D eigenvalue weighted by Gasteiger charge is -2.11. The first-order valence-corrected chi connectivity index (χ1v) is 6.06. The van der Waals surface area contributed by atoms with Crippen molar-refractivity contribution in [1.82, 2.24) is 10.6 Å². The van der Waals surface area contributed by atoms with Crippen molar-refractivity contribution in [2.45, 2.75) is 13.3 Å². The van der Waals surface area contributed by atoms with E-state index in [9.17, 15) is 4.79 Å². The van der Waals surface area contributed by atoms with Crippen LogP contribution in [-0.2, 0) is 0 Å². The summed E-state index contributed by atoms with van der Waals surface area (Å²) in [6, 6.07) is 7.67. The average Bonchev–Trinajstić information content (AvgIpc) is 2.79. The number of nitrogens with one attached hydrogen (secondary N) is 3. The zero-order valence-corrected chi connectivity index (χ0v) is 10.1. The number of aryl methyl sites for hydroxylation is 1. The summed E-state index contributed by atoms with van der Waals surface area (Å²) in [4.78, 5) is 11.6. The molecule has 1 aromatic rings. The number of hydrogen-bond donors (Lipinski definition) is 3. The van der Waals surface area contributed by atoms with E-state index < -0.39 is 0 Å². The van der Waals surface area contributed by atoms with Gasteiger partial charge in [-0.1, -0.05) is 12.1 Å². The molecule has 0 spiro atoms. The van der Waals surface area contributed by atoms with Gasteiger partial charge in [-0.25, -0.2) is 4.79 Å². The summed E-state index contributed by atoms with van der Waals surface area (Å²) < 4.78 is 0. The van der Waals surface area contributed by atoms with Crippen molar-refractivity contribution in [3.05, 3.63) is 29.8 Å². The summed E-state index contributed by atoms with van der Waals surface area (Å²) in [7, 11) is 0. The summed E-state index contributed by atoms with van der Waals surface area (Å²) in [6.45, 7) is 4.81. The molecule has 1 aromatic carbocycles. The maximum atomic E-state index is 11.6. The van der Waals surface area contributed by atoms with Crippen molar-refractivity contribution < 1.29 is 4.79 Å². The first-order chi connectivity index (χ1) is 8.24. The maximum Gasteiger partial charge on any atom is 0.319 e. The Kier molecular flexibility index (Phi) is 3.98. The highest BCUT2D eigenvalue weighted by molar-refractivity contribution is 5.89. The summed E-state index contributed by atoms with van der Waals surface area (Å²) in [5.41, 5.74) is 1.98. The van der Waals surface area contributed by atoms with E-state index in [4.69, 9.17) is 0 Å². The molecule has 1 aliphatic heterocycles. The van der Waals surface area contributed by atoms with Crippen LogP contribution in [0.2, 0.25) is 0 Å². The molecule has 4 heteroatoms. The molecule has 1 fully saturated rings. The second-order valence-electron chi connectivity index (χ2n) is 4.56. The van der Waals surface area contributed by atoms with Crippen LogP contribution in [-0.4, -0.2) is 25.7 Å². The van der Waals surface area contributed by atoms with Gasteiger partial charge in [0.25, 0.3) is 0 Å². The molecular formula is C13H19N3O. The van der Waals surface area contributed by atoms with E-state index in [-0.39, 0.29) is 6.03 Å². The molecule has 0 aliphatic carbocycles. The van der Waals surface area contributed by atoms with E-state index in [2.05, 4.69) is 16.0 Å². The average molecular weight is 233 g/mol. The van der Waals surface area contributed by atoms with Crippen LogP contribution < -0.4 is 16.0 Å². The molecule has 92 valence electrons. The van der Waals surface area contributed by atoms with Crippen LogP contribution in [0, 0.1) is 12.8 Å². The SMILES string of the molecule is Cc1cccc(NC(=O)NCC2CCNC2)c1. The summed E-state index contributed by atoms with van der Waals surface area (Å²) in [5, 5.41) is 9.02. The summed E-state index contributed by atoms with van der Waals surface area (Å²) >= 11 is 0. The molecule has 1 unspecified atom stereocenters. The number of benzene rings is 1. The molecule has 1 atom stereocenters. The van der Waals surface area contributed by atoms with Gasteiger partial charge in [-0.15, -0.1) is 0 Å². The Morgan fingerprint density at radius 3 is 3.12 bits per heavy atom. The molecule has 1 saturated heterocycles. The lowest BCUT2D eigenvalue weighted by atomic mass is 10.1. The zero-order chi connectivity index (χ0) is 12.1. The van der Waals surface area contributed by atoms with Crippen LogP contribution in [0.25, 0.3) is 0 Å². The van der Waals surface area contributed by atoms with Crippen molar-refractivity contribution >= 4 is 11.7 Å². The van der Waals surface area contributed by atoms with E-state index in [0.717, 1.165) is 37.3 Å². The largest absolute Gasteiger partial charge is 0.338 e. The Morgan fingerprint density at radius 1 is 1.53 bits per heavy atom. The predicted molar refractivity (Wildman–Crippen MR) is 69.2 cm³/mol. The first kappa shape index (κ1) is 11.9. The van der Waals surface area contributed by atoms with Crippen LogP contribution in [0.4, 0.5) is 10.5 Å². The molecule has 17 heavy (non-hydrogen) atoms. The van der Waals surface area contributed by atoms with E-state index in [0.29, 0.717) is 5.92 Å². The van der Waals surface area contributed by atoms with Gasteiger partial charge in [0.2, 0.25) is 0 Å².